The zero-order valence-corrected chi connectivity index (χ0v) is 13.7. The van der Waals surface area contributed by atoms with Crippen LogP contribution in [0.1, 0.15) is 19.8 Å². The van der Waals surface area contributed by atoms with Crippen LogP contribution in [0, 0.1) is 5.92 Å². The Morgan fingerprint density at radius 2 is 1.25 bits per heavy atom. The van der Waals surface area contributed by atoms with Crippen LogP contribution in [0.5, 0.6) is 0 Å². The van der Waals surface area contributed by atoms with E-state index in [1.165, 1.54) is 17.1 Å². The van der Waals surface area contributed by atoms with Crippen molar-refractivity contribution in [3.05, 3.63) is 53.5 Å². The van der Waals surface area contributed by atoms with E-state index < -0.39 is 0 Å². The summed E-state index contributed by atoms with van der Waals surface area (Å²) in [7, 11) is 0. The van der Waals surface area contributed by atoms with E-state index in [9.17, 15) is 0 Å². The SMILES string of the molecule is C[C-](C1=CC=CC1)C1=CC=CC1.[Cl-].[Cl-].[Cl-].[Zr+4]. The molecule has 0 aromatic rings. The maximum absolute atomic E-state index is 2.22. The van der Waals surface area contributed by atoms with E-state index in [2.05, 4.69) is 43.4 Å². The molecule has 0 saturated heterocycles. The molecule has 86 valence electrons. The van der Waals surface area contributed by atoms with E-state index in [1.54, 1.807) is 0 Å². The summed E-state index contributed by atoms with van der Waals surface area (Å²) in [5.74, 6) is 1.46. The van der Waals surface area contributed by atoms with Gasteiger partial charge < -0.3 is 37.2 Å². The largest absolute Gasteiger partial charge is 4.00 e. The molecule has 0 fully saturated rings. The molecule has 0 heterocycles. The van der Waals surface area contributed by atoms with E-state index in [-0.39, 0.29) is 63.4 Å². The summed E-state index contributed by atoms with van der Waals surface area (Å²) in [5, 5.41) is 0. The van der Waals surface area contributed by atoms with Gasteiger partial charge in [-0.1, -0.05) is 19.1 Å². The molecule has 0 N–H and O–H groups in total. The van der Waals surface area contributed by atoms with E-state index in [0.717, 1.165) is 12.8 Å². The van der Waals surface area contributed by atoms with Gasteiger partial charge in [-0.05, 0) is 12.8 Å². The number of hydrogen-bond acceptors (Lipinski definition) is 0. The van der Waals surface area contributed by atoms with Gasteiger partial charge in [0.25, 0.3) is 0 Å². The molecule has 16 heavy (non-hydrogen) atoms. The summed E-state index contributed by atoms with van der Waals surface area (Å²) in [6.45, 7) is 2.22. The monoisotopic (exact) mass is 352 g/mol. The molecule has 0 amide bonds. The fourth-order valence-corrected chi connectivity index (χ4v) is 1.66. The fraction of sp³-hybridized carbons (Fsp3) is 0.250. The van der Waals surface area contributed by atoms with Crippen LogP contribution in [0.4, 0.5) is 0 Å². The summed E-state index contributed by atoms with van der Waals surface area (Å²) < 4.78 is 0. The van der Waals surface area contributed by atoms with Crippen molar-refractivity contribution in [1.82, 2.24) is 0 Å². The molecule has 0 aliphatic heterocycles. The molecule has 2 rings (SSSR count). The summed E-state index contributed by atoms with van der Waals surface area (Å²) >= 11 is 0. The summed E-state index contributed by atoms with van der Waals surface area (Å²) in [4.78, 5) is 0. The van der Waals surface area contributed by atoms with Gasteiger partial charge in [0, 0.05) is 0 Å². The van der Waals surface area contributed by atoms with E-state index in [0.29, 0.717) is 0 Å². The molecule has 0 bridgehead atoms. The molecule has 0 nitrogen and oxygen atoms in total. The van der Waals surface area contributed by atoms with Gasteiger partial charge in [-0.2, -0.15) is 18.1 Å². The van der Waals surface area contributed by atoms with Crippen molar-refractivity contribution in [2.24, 2.45) is 0 Å². The fourth-order valence-electron chi connectivity index (χ4n) is 1.66. The number of rotatable bonds is 2. The number of hydrogen-bond donors (Lipinski definition) is 0. The maximum Gasteiger partial charge on any atom is 4.00 e. The van der Waals surface area contributed by atoms with Crippen molar-refractivity contribution in [3.63, 3.8) is 0 Å². The van der Waals surface area contributed by atoms with Crippen LogP contribution in [-0.4, -0.2) is 0 Å². The van der Waals surface area contributed by atoms with Crippen LogP contribution in [-0.2, 0) is 26.2 Å². The summed E-state index contributed by atoms with van der Waals surface area (Å²) in [6, 6.07) is 0. The van der Waals surface area contributed by atoms with Gasteiger partial charge in [0.05, 0.1) is 0 Å². The van der Waals surface area contributed by atoms with Crippen LogP contribution in [0.2, 0.25) is 0 Å². The first-order chi connectivity index (χ1) is 5.88. The zero-order chi connectivity index (χ0) is 8.39. The van der Waals surface area contributed by atoms with Gasteiger partial charge in [-0.15, -0.1) is 23.3 Å². The summed E-state index contributed by atoms with van der Waals surface area (Å²) in [6.07, 6.45) is 15.4. The van der Waals surface area contributed by atoms with Crippen molar-refractivity contribution < 1.29 is 63.4 Å². The first-order valence-electron chi connectivity index (χ1n) is 4.43. The van der Waals surface area contributed by atoms with E-state index >= 15 is 0 Å². The van der Waals surface area contributed by atoms with Crippen molar-refractivity contribution in [3.8, 4) is 0 Å². The predicted molar refractivity (Wildman–Crippen MR) is 52.6 cm³/mol. The third-order valence-corrected chi connectivity index (χ3v) is 2.51. The number of halogens is 3. The normalized spacial score (nSPS) is 14.8. The Morgan fingerprint density at radius 1 is 0.875 bits per heavy atom. The average molecular weight is 355 g/mol. The number of allylic oxidation sites excluding steroid dienone is 8. The smallest absolute Gasteiger partial charge is 1.00 e. The van der Waals surface area contributed by atoms with Crippen molar-refractivity contribution in [2.45, 2.75) is 19.8 Å². The van der Waals surface area contributed by atoms with Crippen LogP contribution < -0.4 is 37.2 Å². The molecule has 0 radical (unpaired) electrons. The molecular formula is C12H13Cl3Zr. The van der Waals surface area contributed by atoms with Gasteiger partial charge in [0.15, 0.2) is 0 Å². The van der Waals surface area contributed by atoms with Gasteiger partial charge in [-0.25, -0.2) is 0 Å². The Bertz CT molecular complexity index is 273. The van der Waals surface area contributed by atoms with Gasteiger partial charge in [0.2, 0.25) is 0 Å². The molecule has 0 unspecified atom stereocenters. The minimum absolute atomic E-state index is 0. The molecular weight excluding hydrogens is 342 g/mol. The first-order valence-corrected chi connectivity index (χ1v) is 4.43. The average Bonchev–Trinajstić information content (AvgIpc) is 2.77. The third-order valence-electron chi connectivity index (χ3n) is 2.51. The summed E-state index contributed by atoms with van der Waals surface area (Å²) in [5.41, 5.74) is 2.95. The Balaban J connectivity index is -0.000000422. The molecule has 2 aliphatic carbocycles. The van der Waals surface area contributed by atoms with Crippen LogP contribution >= 0.6 is 0 Å². The van der Waals surface area contributed by atoms with Gasteiger partial charge in [0.1, 0.15) is 0 Å². The minimum Gasteiger partial charge on any atom is -1.00 e. The minimum atomic E-state index is 0. The van der Waals surface area contributed by atoms with E-state index in [4.69, 9.17) is 0 Å². The first kappa shape index (κ1) is 21.8. The van der Waals surface area contributed by atoms with Gasteiger partial charge in [-0.3, -0.25) is 0 Å². The van der Waals surface area contributed by atoms with E-state index in [1.807, 2.05) is 0 Å². The molecule has 0 atom stereocenters. The maximum atomic E-state index is 2.22. The molecule has 2 aliphatic rings. The third kappa shape index (κ3) is 5.28. The Kier molecular flexibility index (Phi) is 14.6. The van der Waals surface area contributed by atoms with Gasteiger partial charge >= 0.3 is 26.2 Å². The second-order valence-corrected chi connectivity index (χ2v) is 3.27. The molecule has 0 saturated carbocycles. The predicted octanol–water partition coefficient (Wildman–Crippen LogP) is -5.64. The zero-order valence-electron chi connectivity index (χ0n) is 9.01. The second-order valence-electron chi connectivity index (χ2n) is 3.27. The van der Waals surface area contributed by atoms with Crippen LogP contribution in [0.3, 0.4) is 0 Å². The van der Waals surface area contributed by atoms with Crippen LogP contribution in [0.15, 0.2) is 47.6 Å². The Morgan fingerprint density at radius 3 is 1.50 bits per heavy atom. The Labute approximate surface area is 136 Å². The molecule has 0 aromatic heterocycles. The molecule has 0 aromatic carbocycles. The van der Waals surface area contributed by atoms with Crippen LogP contribution in [0.25, 0.3) is 0 Å². The topological polar surface area (TPSA) is 0 Å². The van der Waals surface area contributed by atoms with Crippen molar-refractivity contribution >= 4 is 0 Å². The molecule has 4 heteroatoms. The van der Waals surface area contributed by atoms with Crippen molar-refractivity contribution in [2.75, 3.05) is 0 Å². The van der Waals surface area contributed by atoms with Crippen molar-refractivity contribution in [1.29, 1.82) is 0 Å². The molecule has 0 spiro atoms. The quantitative estimate of drug-likeness (QED) is 0.434. The standard InChI is InChI=1S/C12H13.3ClH.Zr/c1-10(11-6-2-3-7-11)12-8-4-5-9-12;;;;/h2-6,8H,7,9H2,1H3;3*1H;/q-1;;;;+4/p-3. The second kappa shape index (κ2) is 10.7. The Hall–Kier alpha value is 0.583.